The second-order valence-electron chi connectivity index (χ2n) is 7.38. The second kappa shape index (κ2) is 8.57. The zero-order chi connectivity index (χ0) is 20.2. The fraction of sp³-hybridized carbons (Fsp3) is 0.381. The lowest BCUT2D eigenvalue weighted by Crippen LogP contribution is -2.36. The number of nitrogen functional groups attached to an aromatic ring is 1. The van der Waals surface area contributed by atoms with Gasteiger partial charge in [-0.3, -0.25) is 9.52 Å². The van der Waals surface area contributed by atoms with Crippen LogP contribution in [0.25, 0.3) is 0 Å². The van der Waals surface area contributed by atoms with Gasteiger partial charge in [-0.05, 0) is 55.0 Å². The predicted molar refractivity (Wildman–Crippen MR) is 110 cm³/mol. The third-order valence-electron chi connectivity index (χ3n) is 4.63. The van der Waals surface area contributed by atoms with Crippen molar-refractivity contribution in [2.45, 2.75) is 45.3 Å². The van der Waals surface area contributed by atoms with Gasteiger partial charge in [0.15, 0.2) is 0 Å². The van der Waals surface area contributed by atoms with E-state index in [1.807, 2.05) is 24.3 Å². The molecule has 0 radical (unpaired) electrons. The maximum atomic E-state index is 12.6. The van der Waals surface area contributed by atoms with Crippen LogP contribution in [-0.2, 0) is 21.2 Å². The minimum absolute atomic E-state index is 0.533. The van der Waals surface area contributed by atoms with E-state index < -0.39 is 27.1 Å². The average molecular weight is 389 g/mol. The van der Waals surface area contributed by atoms with Gasteiger partial charge in [0.2, 0.25) is 15.9 Å². The SMILES string of the molecule is CC(C)Cc1ccc(C(C)C(=O)NS(=O)(=O)C(C)c2ccc(N)cc2)cc1. The van der Waals surface area contributed by atoms with Gasteiger partial charge in [0.05, 0.1) is 5.92 Å². The molecule has 0 aromatic heterocycles. The van der Waals surface area contributed by atoms with Crippen molar-refractivity contribution >= 4 is 21.6 Å². The van der Waals surface area contributed by atoms with Gasteiger partial charge < -0.3 is 5.73 Å². The van der Waals surface area contributed by atoms with Crippen molar-refractivity contribution in [3.8, 4) is 0 Å². The number of nitrogens with one attached hydrogen (secondary N) is 1. The summed E-state index contributed by atoms with van der Waals surface area (Å²) in [6.45, 7) is 7.55. The first kappa shape index (κ1) is 21.0. The molecular weight excluding hydrogens is 360 g/mol. The van der Waals surface area contributed by atoms with Crippen molar-refractivity contribution in [2.75, 3.05) is 5.73 Å². The zero-order valence-corrected chi connectivity index (χ0v) is 17.1. The summed E-state index contributed by atoms with van der Waals surface area (Å²) in [5, 5.41) is -0.859. The summed E-state index contributed by atoms with van der Waals surface area (Å²) >= 11 is 0. The number of carbonyl (C=O) groups excluding carboxylic acids is 1. The summed E-state index contributed by atoms with van der Waals surface area (Å²) in [5.41, 5.74) is 8.76. The van der Waals surface area contributed by atoms with Crippen LogP contribution in [0.3, 0.4) is 0 Å². The highest BCUT2D eigenvalue weighted by atomic mass is 32.2. The van der Waals surface area contributed by atoms with Gasteiger partial charge in [0, 0.05) is 5.69 Å². The molecule has 0 heterocycles. The van der Waals surface area contributed by atoms with E-state index in [9.17, 15) is 13.2 Å². The van der Waals surface area contributed by atoms with Crippen LogP contribution in [-0.4, -0.2) is 14.3 Å². The largest absolute Gasteiger partial charge is 0.399 e. The number of benzene rings is 2. The molecule has 2 aromatic carbocycles. The molecule has 0 saturated heterocycles. The van der Waals surface area contributed by atoms with Gasteiger partial charge >= 0.3 is 0 Å². The van der Waals surface area contributed by atoms with Crippen molar-refractivity contribution in [2.24, 2.45) is 5.92 Å². The lowest BCUT2D eigenvalue weighted by Gasteiger charge is -2.17. The van der Waals surface area contributed by atoms with Crippen molar-refractivity contribution < 1.29 is 13.2 Å². The Balaban J connectivity index is 2.09. The van der Waals surface area contributed by atoms with Crippen molar-refractivity contribution in [3.05, 3.63) is 65.2 Å². The zero-order valence-electron chi connectivity index (χ0n) is 16.3. The van der Waals surface area contributed by atoms with Gasteiger partial charge in [-0.2, -0.15) is 0 Å². The van der Waals surface area contributed by atoms with E-state index in [4.69, 9.17) is 5.73 Å². The number of anilines is 1. The molecule has 2 rings (SSSR count). The van der Waals surface area contributed by atoms with Crippen molar-refractivity contribution in [1.82, 2.24) is 4.72 Å². The highest BCUT2D eigenvalue weighted by molar-refractivity contribution is 7.90. The van der Waals surface area contributed by atoms with Crippen LogP contribution in [0, 0.1) is 5.92 Å². The Hall–Kier alpha value is -2.34. The smallest absolute Gasteiger partial charge is 0.241 e. The van der Waals surface area contributed by atoms with Gasteiger partial charge in [-0.1, -0.05) is 50.2 Å². The molecule has 3 N–H and O–H groups in total. The van der Waals surface area contributed by atoms with Crippen molar-refractivity contribution in [3.63, 3.8) is 0 Å². The molecule has 2 unspecified atom stereocenters. The van der Waals surface area contributed by atoms with Crippen LogP contribution in [0.1, 0.15) is 55.6 Å². The molecule has 0 aliphatic carbocycles. The van der Waals surface area contributed by atoms with Crippen LogP contribution in [0.4, 0.5) is 5.69 Å². The van der Waals surface area contributed by atoms with E-state index in [0.717, 1.165) is 12.0 Å². The van der Waals surface area contributed by atoms with E-state index in [0.29, 0.717) is 17.2 Å². The first-order valence-electron chi connectivity index (χ1n) is 9.10. The Kier molecular flexibility index (Phi) is 6.65. The predicted octanol–water partition coefficient (Wildman–Crippen LogP) is 3.78. The summed E-state index contributed by atoms with van der Waals surface area (Å²) in [6, 6.07) is 14.3. The molecule has 0 bridgehead atoms. The first-order valence-corrected chi connectivity index (χ1v) is 10.6. The molecule has 5 nitrogen and oxygen atoms in total. The lowest BCUT2D eigenvalue weighted by atomic mass is 9.96. The average Bonchev–Trinajstić information content (AvgIpc) is 2.61. The number of hydrogen-bond donors (Lipinski definition) is 2. The summed E-state index contributed by atoms with van der Waals surface area (Å²) in [4.78, 5) is 12.5. The maximum absolute atomic E-state index is 12.6. The van der Waals surface area contributed by atoms with Gasteiger partial charge in [0.25, 0.3) is 0 Å². The molecule has 0 saturated carbocycles. The number of sulfonamides is 1. The van der Waals surface area contributed by atoms with E-state index in [-0.39, 0.29) is 0 Å². The normalized spacial score (nSPS) is 14.0. The van der Waals surface area contributed by atoms with Gasteiger partial charge in [0.1, 0.15) is 5.25 Å². The molecule has 0 aliphatic heterocycles. The van der Waals surface area contributed by atoms with E-state index in [1.54, 1.807) is 38.1 Å². The molecule has 2 aromatic rings. The van der Waals surface area contributed by atoms with Crippen molar-refractivity contribution in [1.29, 1.82) is 0 Å². The molecule has 27 heavy (non-hydrogen) atoms. The molecule has 0 spiro atoms. The number of amides is 1. The number of nitrogens with two attached hydrogens (primary N) is 1. The highest BCUT2D eigenvalue weighted by Crippen LogP contribution is 2.23. The maximum Gasteiger partial charge on any atom is 0.241 e. The van der Waals surface area contributed by atoms with Crippen LogP contribution >= 0.6 is 0 Å². The topological polar surface area (TPSA) is 89.3 Å². The molecule has 1 amide bonds. The standard InChI is InChI=1S/C21H28N2O3S/c1-14(2)13-17-5-7-18(8-6-17)15(3)21(24)23-27(25,26)16(4)19-9-11-20(22)12-10-19/h5-12,14-16H,13,22H2,1-4H3,(H,23,24). The van der Waals surface area contributed by atoms with Crippen LogP contribution < -0.4 is 10.5 Å². The molecular formula is C21H28N2O3S. The number of hydrogen-bond acceptors (Lipinski definition) is 4. The molecule has 146 valence electrons. The summed E-state index contributed by atoms with van der Waals surface area (Å²) in [7, 11) is -3.84. The molecule has 2 atom stereocenters. The van der Waals surface area contributed by atoms with Crippen LogP contribution in [0.2, 0.25) is 0 Å². The first-order chi connectivity index (χ1) is 12.6. The third kappa shape index (κ3) is 5.57. The Morgan fingerprint density at radius 3 is 1.96 bits per heavy atom. The summed E-state index contributed by atoms with van der Waals surface area (Å²) in [6.07, 6.45) is 0.967. The van der Waals surface area contributed by atoms with Crippen LogP contribution in [0.5, 0.6) is 0 Å². The number of carbonyl (C=O) groups is 1. The van der Waals surface area contributed by atoms with E-state index in [1.165, 1.54) is 5.56 Å². The Labute approximate surface area is 162 Å². The third-order valence-corrected chi connectivity index (χ3v) is 6.32. The van der Waals surface area contributed by atoms with E-state index in [2.05, 4.69) is 18.6 Å². The van der Waals surface area contributed by atoms with Crippen LogP contribution in [0.15, 0.2) is 48.5 Å². The quantitative estimate of drug-likeness (QED) is 0.707. The fourth-order valence-corrected chi connectivity index (χ4v) is 3.98. The second-order valence-corrected chi connectivity index (χ2v) is 9.38. The molecule has 0 aliphatic rings. The molecule has 6 heteroatoms. The Morgan fingerprint density at radius 2 is 1.44 bits per heavy atom. The Morgan fingerprint density at radius 1 is 0.926 bits per heavy atom. The minimum atomic E-state index is -3.84. The van der Waals surface area contributed by atoms with E-state index >= 15 is 0 Å². The fourth-order valence-electron chi connectivity index (χ4n) is 2.83. The molecule has 0 fully saturated rings. The lowest BCUT2D eigenvalue weighted by molar-refractivity contribution is -0.120. The van der Waals surface area contributed by atoms with Gasteiger partial charge in [-0.25, -0.2) is 8.42 Å². The monoisotopic (exact) mass is 388 g/mol. The Bertz CT molecular complexity index is 873. The van der Waals surface area contributed by atoms with Gasteiger partial charge in [-0.15, -0.1) is 0 Å². The highest BCUT2D eigenvalue weighted by Gasteiger charge is 2.27. The summed E-state index contributed by atoms with van der Waals surface area (Å²) in [5.74, 6) is -0.545. The summed E-state index contributed by atoms with van der Waals surface area (Å²) < 4.78 is 27.4. The minimum Gasteiger partial charge on any atom is -0.399 e. The number of rotatable bonds is 7.